The molecule has 0 aliphatic carbocycles. The molecule has 0 unspecified atom stereocenters. The molecular weight excluding hydrogens is 320 g/mol. The molecule has 1 aromatic heterocycles. The fraction of sp³-hybridized carbons (Fsp3) is 0.0833. The number of aryl methyl sites for hydroxylation is 1. The quantitative estimate of drug-likeness (QED) is 0.823. The van der Waals surface area contributed by atoms with E-state index in [1.165, 1.54) is 12.1 Å². The van der Waals surface area contributed by atoms with Crippen molar-refractivity contribution in [2.24, 2.45) is 0 Å². The molecule has 0 saturated carbocycles. The summed E-state index contributed by atoms with van der Waals surface area (Å²) in [5.41, 5.74) is 7.90. The molecule has 4 nitrogen and oxygen atoms in total. The number of hydrogen-bond acceptors (Lipinski definition) is 3. The largest absolute Gasteiger partial charge is 0.440 e. The Kier molecular flexibility index (Phi) is 3.63. The molecule has 0 radical (unpaired) electrons. The van der Waals surface area contributed by atoms with Crippen molar-refractivity contribution in [3.05, 3.63) is 45.3 Å². The van der Waals surface area contributed by atoms with Crippen molar-refractivity contribution in [1.29, 1.82) is 0 Å². The fourth-order valence-corrected chi connectivity index (χ4v) is 2.11. The Hall–Kier alpha value is -1.46. The minimum absolute atomic E-state index is 0.144. The van der Waals surface area contributed by atoms with E-state index in [2.05, 4.69) is 21.2 Å². The van der Waals surface area contributed by atoms with Gasteiger partial charge in [-0.15, -0.1) is 0 Å². The fourth-order valence-electron chi connectivity index (χ4n) is 1.41. The number of anilines is 2. The number of hydrogen-bond donors (Lipinski definition) is 2. The SMILES string of the molecule is Cc1cc(Br)c(NC(=O)c2ccc(Cl)o2)cc1N. The maximum absolute atomic E-state index is 11.9. The number of furan rings is 1. The molecule has 0 saturated heterocycles. The van der Waals surface area contributed by atoms with E-state index in [9.17, 15) is 4.79 Å². The highest BCUT2D eigenvalue weighted by Gasteiger charge is 2.13. The van der Waals surface area contributed by atoms with Gasteiger partial charge in [0.25, 0.3) is 5.91 Å². The summed E-state index contributed by atoms with van der Waals surface area (Å²) in [6.07, 6.45) is 0. The van der Waals surface area contributed by atoms with Crippen molar-refractivity contribution >= 4 is 44.8 Å². The summed E-state index contributed by atoms with van der Waals surface area (Å²) < 4.78 is 5.77. The lowest BCUT2D eigenvalue weighted by molar-refractivity contribution is 0.0996. The van der Waals surface area contributed by atoms with Gasteiger partial charge in [-0.1, -0.05) is 0 Å². The molecule has 0 bridgehead atoms. The van der Waals surface area contributed by atoms with Gasteiger partial charge in [0.05, 0.1) is 5.69 Å². The predicted octanol–water partition coefficient (Wildman–Crippen LogP) is 3.84. The lowest BCUT2D eigenvalue weighted by Crippen LogP contribution is -2.11. The molecule has 0 fully saturated rings. The van der Waals surface area contributed by atoms with Gasteiger partial charge < -0.3 is 15.5 Å². The van der Waals surface area contributed by atoms with Crippen LogP contribution < -0.4 is 11.1 Å². The van der Waals surface area contributed by atoms with Crippen LogP contribution in [0.3, 0.4) is 0 Å². The van der Waals surface area contributed by atoms with Crippen LogP contribution in [0.5, 0.6) is 0 Å². The first-order valence-electron chi connectivity index (χ1n) is 5.09. The third-order valence-corrected chi connectivity index (χ3v) is 3.26. The molecule has 0 atom stereocenters. The van der Waals surface area contributed by atoms with Crippen LogP contribution in [0.2, 0.25) is 5.22 Å². The van der Waals surface area contributed by atoms with Gasteiger partial charge in [0.2, 0.25) is 0 Å². The van der Waals surface area contributed by atoms with E-state index in [0.29, 0.717) is 11.4 Å². The molecule has 1 amide bonds. The summed E-state index contributed by atoms with van der Waals surface area (Å²) >= 11 is 8.97. The van der Waals surface area contributed by atoms with Crippen molar-refractivity contribution in [3.63, 3.8) is 0 Å². The number of nitrogens with one attached hydrogen (secondary N) is 1. The zero-order chi connectivity index (χ0) is 13.3. The van der Waals surface area contributed by atoms with Crippen LogP contribution in [-0.4, -0.2) is 5.91 Å². The first kappa shape index (κ1) is 13.0. The molecule has 0 aliphatic rings. The van der Waals surface area contributed by atoms with E-state index in [1.807, 2.05) is 13.0 Å². The number of rotatable bonds is 2. The van der Waals surface area contributed by atoms with Gasteiger partial charge in [-0.05, 0) is 64.3 Å². The van der Waals surface area contributed by atoms with E-state index in [0.717, 1.165) is 10.0 Å². The highest BCUT2D eigenvalue weighted by molar-refractivity contribution is 9.10. The summed E-state index contributed by atoms with van der Waals surface area (Å²) in [4.78, 5) is 11.9. The van der Waals surface area contributed by atoms with E-state index in [-0.39, 0.29) is 16.9 Å². The second-order valence-electron chi connectivity index (χ2n) is 3.75. The molecule has 94 valence electrons. The van der Waals surface area contributed by atoms with Crippen LogP contribution in [0.4, 0.5) is 11.4 Å². The number of halogens is 2. The molecule has 18 heavy (non-hydrogen) atoms. The van der Waals surface area contributed by atoms with Gasteiger partial charge in [-0.25, -0.2) is 0 Å². The third-order valence-electron chi connectivity index (χ3n) is 2.40. The lowest BCUT2D eigenvalue weighted by atomic mass is 10.2. The maximum atomic E-state index is 11.9. The minimum atomic E-state index is -0.383. The first-order valence-corrected chi connectivity index (χ1v) is 6.27. The van der Waals surface area contributed by atoms with Crippen LogP contribution in [0.25, 0.3) is 0 Å². The summed E-state index contributed by atoms with van der Waals surface area (Å²) in [5.74, 6) is -0.239. The molecule has 1 heterocycles. The second kappa shape index (κ2) is 5.04. The number of carbonyl (C=O) groups excluding carboxylic acids is 1. The summed E-state index contributed by atoms with van der Waals surface area (Å²) in [6, 6.07) is 6.53. The van der Waals surface area contributed by atoms with Gasteiger partial charge in [-0.2, -0.15) is 0 Å². The standard InChI is InChI=1S/C12H10BrClN2O2/c1-6-4-7(13)9(5-8(6)15)16-12(17)10-2-3-11(14)18-10/h2-5H,15H2,1H3,(H,16,17). The van der Waals surface area contributed by atoms with Crippen LogP contribution in [0.15, 0.2) is 33.2 Å². The van der Waals surface area contributed by atoms with Crippen molar-refractivity contribution in [3.8, 4) is 0 Å². The summed E-state index contributed by atoms with van der Waals surface area (Å²) in [7, 11) is 0. The Morgan fingerprint density at radius 2 is 2.17 bits per heavy atom. The average molecular weight is 330 g/mol. The van der Waals surface area contributed by atoms with E-state index in [1.54, 1.807) is 6.07 Å². The van der Waals surface area contributed by atoms with Crippen molar-refractivity contribution in [2.45, 2.75) is 6.92 Å². The molecule has 2 aromatic rings. The lowest BCUT2D eigenvalue weighted by Gasteiger charge is -2.09. The van der Waals surface area contributed by atoms with Crippen molar-refractivity contribution < 1.29 is 9.21 Å². The number of carbonyl (C=O) groups is 1. The van der Waals surface area contributed by atoms with Gasteiger partial charge in [-0.3, -0.25) is 4.79 Å². The van der Waals surface area contributed by atoms with Gasteiger partial charge in [0.1, 0.15) is 0 Å². The number of nitrogen functional groups attached to an aromatic ring is 1. The van der Waals surface area contributed by atoms with Gasteiger partial charge in [0.15, 0.2) is 11.0 Å². The number of benzene rings is 1. The molecule has 0 spiro atoms. The third kappa shape index (κ3) is 2.68. The number of nitrogens with two attached hydrogens (primary N) is 1. The number of amides is 1. The molecule has 1 aromatic carbocycles. The van der Waals surface area contributed by atoms with Crippen molar-refractivity contribution in [2.75, 3.05) is 11.1 Å². The minimum Gasteiger partial charge on any atom is -0.440 e. The predicted molar refractivity (Wildman–Crippen MR) is 75.0 cm³/mol. The van der Waals surface area contributed by atoms with Crippen LogP contribution in [-0.2, 0) is 0 Å². The Morgan fingerprint density at radius 1 is 1.44 bits per heavy atom. The summed E-state index contributed by atoms with van der Waals surface area (Å²) in [5, 5.41) is 2.86. The molecular formula is C12H10BrClN2O2. The Labute approximate surface area is 117 Å². The molecule has 3 N–H and O–H groups in total. The normalized spacial score (nSPS) is 10.4. The monoisotopic (exact) mass is 328 g/mol. The van der Waals surface area contributed by atoms with Gasteiger partial charge in [0, 0.05) is 10.2 Å². The molecule has 0 aliphatic heterocycles. The van der Waals surface area contributed by atoms with Gasteiger partial charge >= 0.3 is 0 Å². The van der Waals surface area contributed by atoms with Crippen molar-refractivity contribution in [1.82, 2.24) is 0 Å². The van der Waals surface area contributed by atoms with E-state index >= 15 is 0 Å². The highest BCUT2D eigenvalue weighted by atomic mass is 79.9. The summed E-state index contributed by atoms with van der Waals surface area (Å²) in [6.45, 7) is 1.89. The average Bonchev–Trinajstić information content (AvgIpc) is 2.73. The van der Waals surface area contributed by atoms with Crippen LogP contribution in [0, 0.1) is 6.92 Å². The zero-order valence-electron chi connectivity index (χ0n) is 9.46. The first-order chi connectivity index (χ1) is 8.47. The Morgan fingerprint density at radius 3 is 2.78 bits per heavy atom. The second-order valence-corrected chi connectivity index (χ2v) is 4.97. The van der Waals surface area contributed by atoms with Crippen LogP contribution in [0.1, 0.15) is 16.1 Å². The Bertz CT molecular complexity index is 610. The highest BCUT2D eigenvalue weighted by Crippen LogP contribution is 2.28. The zero-order valence-corrected chi connectivity index (χ0v) is 11.8. The maximum Gasteiger partial charge on any atom is 0.291 e. The Balaban J connectivity index is 2.24. The molecule has 6 heteroatoms. The topological polar surface area (TPSA) is 68.3 Å². The van der Waals surface area contributed by atoms with E-state index < -0.39 is 0 Å². The molecule has 2 rings (SSSR count). The van der Waals surface area contributed by atoms with Crippen LogP contribution >= 0.6 is 27.5 Å². The van der Waals surface area contributed by atoms with E-state index in [4.69, 9.17) is 21.8 Å². The smallest absolute Gasteiger partial charge is 0.291 e.